The Morgan fingerprint density at radius 3 is 2.95 bits per heavy atom. The van der Waals surface area contributed by atoms with Crippen molar-refractivity contribution in [2.45, 2.75) is 19.5 Å². The van der Waals surface area contributed by atoms with Gasteiger partial charge in [-0.25, -0.2) is 4.99 Å². The van der Waals surface area contributed by atoms with Crippen molar-refractivity contribution < 1.29 is 0 Å². The molecule has 1 atom stereocenters. The van der Waals surface area contributed by atoms with Crippen molar-refractivity contribution in [3.8, 4) is 0 Å². The minimum atomic E-state index is -0.519. The molecule has 1 aliphatic heterocycles. The fourth-order valence-electron chi connectivity index (χ4n) is 2.33. The Labute approximate surface area is 111 Å². The van der Waals surface area contributed by atoms with Crippen LogP contribution in [0.15, 0.2) is 41.5 Å². The third-order valence-electron chi connectivity index (χ3n) is 3.14. The van der Waals surface area contributed by atoms with Crippen LogP contribution in [0.3, 0.4) is 0 Å². The summed E-state index contributed by atoms with van der Waals surface area (Å²) in [7, 11) is 0. The van der Waals surface area contributed by atoms with Gasteiger partial charge in [-0.05, 0) is 44.2 Å². The van der Waals surface area contributed by atoms with Gasteiger partial charge in [0.25, 0.3) is 0 Å². The van der Waals surface area contributed by atoms with E-state index in [0.717, 1.165) is 16.9 Å². The van der Waals surface area contributed by atoms with Crippen molar-refractivity contribution in [1.82, 2.24) is 10.3 Å². The van der Waals surface area contributed by atoms with Crippen LogP contribution < -0.4 is 16.4 Å². The van der Waals surface area contributed by atoms with Gasteiger partial charge in [-0.2, -0.15) is 0 Å². The smallest absolute Gasteiger partial charge is 0.195 e. The number of benzene rings is 1. The lowest BCUT2D eigenvalue weighted by molar-refractivity contribution is 0.657. The van der Waals surface area contributed by atoms with Crippen molar-refractivity contribution in [1.29, 1.82) is 0 Å². The Bertz CT molecular complexity index is 682. The van der Waals surface area contributed by atoms with Crippen LogP contribution in [0.2, 0.25) is 0 Å². The third-order valence-corrected chi connectivity index (χ3v) is 3.14. The summed E-state index contributed by atoms with van der Waals surface area (Å²) in [5, 5.41) is 7.42. The van der Waals surface area contributed by atoms with E-state index in [9.17, 15) is 0 Å². The van der Waals surface area contributed by atoms with Gasteiger partial charge in [0.15, 0.2) is 11.6 Å². The van der Waals surface area contributed by atoms with Gasteiger partial charge in [-0.3, -0.25) is 0 Å². The molecule has 0 saturated carbocycles. The fraction of sp³-hybridized carbons (Fsp3) is 0.214. The molecular formula is C14H17N5. The molecule has 5 N–H and O–H groups in total. The molecular weight excluding hydrogens is 238 g/mol. The van der Waals surface area contributed by atoms with E-state index >= 15 is 0 Å². The van der Waals surface area contributed by atoms with Crippen LogP contribution >= 0.6 is 0 Å². The van der Waals surface area contributed by atoms with Crippen molar-refractivity contribution >= 4 is 22.5 Å². The number of nitrogens with zero attached hydrogens (tertiary/aromatic N) is 1. The topological polar surface area (TPSA) is 78.2 Å². The zero-order valence-corrected chi connectivity index (χ0v) is 11.0. The molecule has 0 radical (unpaired) electrons. The molecule has 1 aromatic heterocycles. The summed E-state index contributed by atoms with van der Waals surface area (Å²) in [5.74, 6) is 0.413. The van der Waals surface area contributed by atoms with Crippen LogP contribution in [0.5, 0.6) is 0 Å². The number of hydrogen-bond donors (Lipinski definition) is 4. The Morgan fingerprint density at radius 2 is 2.16 bits per heavy atom. The van der Waals surface area contributed by atoms with Crippen molar-refractivity contribution in [2.24, 2.45) is 10.7 Å². The lowest BCUT2D eigenvalue weighted by Gasteiger charge is -2.27. The average molecular weight is 255 g/mol. The van der Waals surface area contributed by atoms with E-state index in [-0.39, 0.29) is 0 Å². The molecule has 5 heteroatoms. The summed E-state index contributed by atoms with van der Waals surface area (Å²) in [4.78, 5) is 7.68. The number of aromatic nitrogens is 1. The van der Waals surface area contributed by atoms with Crippen LogP contribution in [-0.2, 0) is 0 Å². The summed E-state index contributed by atoms with van der Waals surface area (Å²) >= 11 is 0. The first kappa shape index (κ1) is 11.6. The predicted octanol–water partition coefficient (Wildman–Crippen LogP) is 2.04. The van der Waals surface area contributed by atoms with Gasteiger partial charge in [-0.15, -0.1) is 0 Å². The van der Waals surface area contributed by atoms with Gasteiger partial charge in [0.1, 0.15) is 0 Å². The molecule has 1 unspecified atom stereocenters. The number of guanidine groups is 1. The highest BCUT2D eigenvalue weighted by Gasteiger charge is 2.22. The Hall–Kier alpha value is -2.43. The van der Waals surface area contributed by atoms with Crippen LogP contribution in [0.1, 0.15) is 12.6 Å². The second-order valence-corrected chi connectivity index (χ2v) is 5.00. The predicted molar refractivity (Wildman–Crippen MR) is 79.0 cm³/mol. The summed E-state index contributed by atoms with van der Waals surface area (Å²) < 4.78 is 0. The molecule has 3 rings (SSSR count). The highest BCUT2D eigenvalue weighted by molar-refractivity contribution is 5.84. The van der Waals surface area contributed by atoms with E-state index in [0.29, 0.717) is 5.96 Å². The number of aliphatic imine (C=N–C) groups is 1. The van der Waals surface area contributed by atoms with E-state index < -0.39 is 5.66 Å². The van der Waals surface area contributed by atoms with Gasteiger partial charge in [0.05, 0.1) is 0 Å². The molecule has 0 spiro atoms. The molecule has 2 heterocycles. The minimum absolute atomic E-state index is 0.413. The van der Waals surface area contributed by atoms with Gasteiger partial charge in [0.2, 0.25) is 0 Å². The van der Waals surface area contributed by atoms with Gasteiger partial charge in [-0.1, -0.05) is 0 Å². The van der Waals surface area contributed by atoms with Crippen molar-refractivity contribution in [3.05, 3.63) is 42.2 Å². The number of rotatable bonds is 2. The summed E-state index contributed by atoms with van der Waals surface area (Å²) in [6.45, 7) is 4.03. The zero-order valence-electron chi connectivity index (χ0n) is 11.0. The highest BCUT2D eigenvalue weighted by Crippen LogP contribution is 2.24. The number of hydrogen-bond acceptors (Lipinski definition) is 4. The highest BCUT2D eigenvalue weighted by atomic mass is 15.2. The number of anilines is 1. The molecule has 19 heavy (non-hydrogen) atoms. The van der Waals surface area contributed by atoms with Crippen molar-refractivity contribution in [3.63, 3.8) is 0 Å². The molecule has 0 bridgehead atoms. The standard InChI is InChI=1S/C14H17N5/c1-9-7-10-8-11(3-4-12(10)17-9)18-14(2)5-6-16-13(15)19-14/h3-8,17-18H,1-2H3,(H3,15,16,19). The molecule has 1 aromatic carbocycles. The summed E-state index contributed by atoms with van der Waals surface area (Å²) in [6, 6.07) is 8.32. The van der Waals surface area contributed by atoms with E-state index in [4.69, 9.17) is 5.73 Å². The average Bonchev–Trinajstić information content (AvgIpc) is 2.67. The molecule has 0 aliphatic carbocycles. The van der Waals surface area contributed by atoms with Crippen LogP contribution in [0.4, 0.5) is 5.69 Å². The Morgan fingerprint density at radius 1 is 1.32 bits per heavy atom. The number of nitrogens with one attached hydrogen (secondary N) is 3. The second kappa shape index (κ2) is 4.05. The van der Waals surface area contributed by atoms with Gasteiger partial charge >= 0.3 is 0 Å². The summed E-state index contributed by atoms with van der Waals surface area (Å²) in [5.41, 5.74) is 8.48. The van der Waals surface area contributed by atoms with E-state index in [1.54, 1.807) is 6.20 Å². The maximum absolute atomic E-state index is 5.70. The lowest BCUT2D eigenvalue weighted by atomic mass is 10.1. The molecule has 2 aromatic rings. The number of aryl methyl sites for hydroxylation is 1. The van der Waals surface area contributed by atoms with Gasteiger partial charge < -0.3 is 21.4 Å². The van der Waals surface area contributed by atoms with Crippen LogP contribution in [0, 0.1) is 6.92 Å². The summed E-state index contributed by atoms with van der Waals surface area (Å²) in [6.07, 6.45) is 3.74. The molecule has 0 fully saturated rings. The Kier molecular flexibility index (Phi) is 2.48. The third kappa shape index (κ3) is 2.27. The van der Waals surface area contributed by atoms with Crippen molar-refractivity contribution in [2.75, 3.05) is 5.32 Å². The molecule has 98 valence electrons. The SMILES string of the molecule is Cc1cc2cc(NC3(C)C=CNC(N)=N3)ccc2[nH]1. The molecule has 0 saturated heterocycles. The maximum Gasteiger partial charge on any atom is 0.195 e. The minimum Gasteiger partial charge on any atom is -0.370 e. The quantitative estimate of drug-likeness (QED) is 0.663. The van der Waals surface area contributed by atoms with Crippen LogP contribution in [-0.4, -0.2) is 16.6 Å². The first-order chi connectivity index (χ1) is 9.04. The van der Waals surface area contributed by atoms with E-state index in [2.05, 4.69) is 45.7 Å². The first-order valence-electron chi connectivity index (χ1n) is 6.21. The monoisotopic (exact) mass is 255 g/mol. The van der Waals surface area contributed by atoms with Crippen LogP contribution in [0.25, 0.3) is 10.9 Å². The largest absolute Gasteiger partial charge is 0.370 e. The fourth-order valence-corrected chi connectivity index (χ4v) is 2.33. The number of aromatic amines is 1. The molecule has 5 nitrogen and oxygen atoms in total. The van der Waals surface area contributed by atoms with Gasteiger partial charge in [0, 0.05) is 28.5 Å². The maximum atomic E-state index is 5.70. The number of H-pyrrole nitrogens is 1. The number of nitrogens with two attached hydrogens (primary N) is 1. The second-order valence-electron chi connectivity index (χ2n) is 5.00. The lowest BCUT2D eigenvalue weighted by Crippen LogP contribution is -2.41. The molecule has 1 aliphatic rings. The molecule has 0 amide bonds. The number of fused-ring (bicyclic) bond motifs is 1. The zero-order chi connectivity index (χ0) is 13.5. The Balaban J connectivity index is 1.92. The van der Waals surface area contributed by atoms with E-state index in [1.807, 2.05) is 19.1 Å². The first-order valence-corrected chi connectivity index (χ1v) is 6.21. The van der Waals surface area contributed by atoms with E-state index in [1.165, 1.54) is 5.39 Å². The normalized spacial score (nSPS) is 22.1.